The number of hydrogen-bond donors (Lipinski definition) is 2. The highest BCUT2D eigenvalue weighted by molar-refractivity contribution is 9.10. The molecule has 1 aromatic heterocycles. The molecule has 0 spiro atoms. The predicted molar refractivity (Wildman–Crippen MR) is 88.3 cm³/mol. The summed E-state index contributed by atoms with van der Waals surface area (Å²) in [6.07, 6.45) is 3.47. The Balaban J connectivity index is 1.99. The molecular weight excluding hydrogens is 330 g/mol. The van der Waals surface area contributed by atoms with Gasteiger partial charge in [-0.15, -0.1) is 0 Å². The van der Waals surface area contributed by atoms with Gasteiger partial charge in [0.25, 0.3) is 5.91 Å². The lowest BCUT2D eigenvalue weighted by Crippen LogP contribution is -2.13. The number of hydrogen-bond acceptors (Lipinski definition) is 3. The lowest BCUT2D eigenvalue weighted by atomic mass is 10.1. The van der Waals surface area contributed by atoms with Crippen LogP contribution in [0.4, 0.5) is 11.4 Å². The number of amides is 1. The summed E-state index contributed by atoms with van der Waals surface area (Å²) in [5, 5.41) is 4.84. The molecule has 3 N–H and O–H groups in total. The maximum atomic E-state index is 12.4. The van der Waals surface area contributed by atoms with Gasteiger partial charge >= 0.3 is 0 Å². The van der Waals surface area contributed by atoms with Crippen LogP contribution in [0.15, 0.2) is 59.3 Å². The Morgan fingerprint density at radius 3 is 2.90 bits per heavy atom. The van der Waals surface area contributed by atoms with Gasteiger partial charge in [-0.2, -0.15) is 0 Å². The zero-order chi connectivity index (χ0) is 14.8. The minimum atomic E-state index is -0.210. The third-order valence-corrected chi connectivity index (χ3v) is 3.86. The first kappa shape index (κ1) is 13.6. The van der Waals surface area contributed by atoms with Gasteiger partial charge in [0.05, 0.1) is 5.56 Å². The number of pyridine rings is 1. The molecule has 0 atom stereocenters. The number of halogens is 1. The standard InChI is InChI=1S/C16H12BrN3O/c17-14-5-4-11(18)8-13(14)16(21)20-15-3-1-2-10-9-19-7-6-12(10)15/h1-9H,18H2,(H,20,21). The van der Waals surface area contributed by atoms with Gasteiger partial charge in [-0.1, -0.05) is 12.1 Å². The molecule has 0 aliphatic heterocycles. The number of nitrogens with two attached hydrogens (primary N) is 1. The van der Waals surface area contributed by atoms with Crippen LogP contribution < -0.4 is 11.1 Å². The number of carbonyl (C=O) groups is 1. The minimum absolute atomic E-state index is 0.210. The van der Waals surface area contributed by atoms with E-state index >= 15 is 0 Å². The molecule has 5 heteroatoms. The molecule has 0 radical (unpaired) electrons. The maximum absolute atomic E-state index is 12.4. The Bertz CT molecular complexity index is 827. The molecule has 2 aromatic carbocycles. The van der Waals surface area contributed by atoms with Gasteiger partial charge in [-0.25, -0.2) is 0 Å². The van der Waals surface area contributed by atoms with Crippen molar-refractivity contribution in [2.45, 2.75) is 0 Å². The van der Waals surface area contributed by atoms with Crippen LogP contribution in [0.5, 0.6) is 0 Å². The zero-order valence-electron chi connectivity index (χ0n) is 11.0. The lowest BCUT2D eigenvalue weighted by Gasteiger charge is -2.10. The van der Waals surface area contributed by atoms with E-state index in [1.807, 2.05) is 24.3 Å². The quantitative estimate of drug-likeness (QED) is 0.696. The summed E-state index contributed by atoms with van der Waals surface area (Å²) in [4.78, 5) is 16.5. The SMILES string of the molecule is Nc1ccc(Br)c(C(=O)Nc2cccc3cnccc23)c1. The van der Waals surface area contributed by atoms with Crippen LogP contribution in [0.25, 0.3) is 10.8 Å². The Morgan fingerprint density at radius 2 is 2.05 bits per heavy atom. The molecule has 21 heavy (non-hydrogen) atoms. The molecule has 4 nitrogen and oxygen atoms in total. The van der Waals surface area contributed by atoms with E-state index in [0.717, 1.165) is 16.5 Å². The summed E-state index contributed by atoms with van der Waals surface area (Å²) < 4.78 is 0.705. The number of aromatic nitrogens is 1. The van der Waals surface area contributed by atoms with E-state index in [1.165, 1.54) is 0 Å². The Kier molecular flexibility index (Phi) is 3.58. The van der Waals surface area contributed by atoms with Gasteiger partial charge in [0, 0.05) is 39.0 Å². The highest BCUT2D eigenvalue weighted by atomic mass is 79.9. The second-order valence-electron chi connectivity index (χ2n) is 4.60. The van der Waals surface area contributed by atoms with E-state index in [9.17, 15) is 4.79 Å². The Morgan fingerprint density at radius 1 is 1.19 bits per heavy atom. The first-order valence-corrected chi connectivity index (χ1v) is 7.13. The summed E-state index contributed by atoms with van der Waals surface area (Å²) in [5.41, 5.74) is 7.53. The molecule has 0 bridgehead atoms. The van der Waals surface area contributed by atoms with Crippen LogP contribution in [0, 0.1) is 0 Å². The van der Waals surface area contributed by atoms with Crippen molar-refractivity contribution in [2.24, 2.45) is 0 Å². The van der Waals surface area contributed by atoms with E-state index in [0.29, 0.717) is 15.7 Å². The molecule has 0 aliphatic carbocycles. The lowest BCUT2D eigenvalue weighted by molar-refractivity contribution is 0.102. The molecule has 0 saturated heterocycles. The van der Waals surface area contributed by atoms with Crippen molar-refractivity contribution < 1.29 is 4.79 Å². The fourth-order valence-corrected chi connectivity index (χ4v) is 2.56. The van der Waals surface area contributed by atoms with E-state index in [2.05, 4.69) is 26.2 Å². The van der Waals surface area contributed by atoms with Crippen molar-refractivity contribution in [2.75, 3.05) is 11.1 Å². The average molecular weight is 342 g/mol. The molecule has 0 fully saturated rings. The number of fused-ring (bicyclic) bond motifs is 1. The molecule has 0 aliphatic rings. The fourth-order valence-electron chi connectivity index (χ4n) is 2.14. The maximum Gasteiger partial charge on any atom is 0.256 e. The molecule has 1 heterocycles. The van der Waals surface area contributed by atoms with E-state index in [1.54, 1.807) is 30.6 Å². The number of rotatable bonds is 2. The van der Waals surface area contributed by atoms with Crippen molar-refractivity contribution in [3.8, 4) is 0 Å². The summed E-state index contributed by atoms with van der Waals surface area (Å²) in [7, 11) is 0. The van der Waals surface area contributed by atoms with Gasteiger partial charge in [0.1, 0.15) is 0 Å². The second-order valence-corrected chi connectivity index (χ2v) is 5.45. The monoisotopic (exact) mass is 341 g/mol. The normalized spacial score (nSPS) is 10.5. The highest BCUT2D eigenvalue weighted by Crippen LogP contribution is 2.25. The highest BCUT2D eigenvalue weighted by Gasteiger charge is 2.12. The number of nitrogens with one attached hydrogen (secondary N) is 1. The molecule has 104 valence electrons. The summed E-state index contributed by atoms with van der Waals surface area (Å²) in [6.45, 7) is 0. The van der Waals surface area contributed by atoms with Gasteiger partial charge in [0.15, 0.2) is 0 Å². The van der Waals surface area contributed by atoms with E-state index < -0.39 is 0 Å². The van der Waals surface area contributed by atoms with Crippen LogP contribution in [0.3, 0.4) is 0 Å². The third kappa shape index (κ3) is 2.73. The van der Waals surface area contributed by atoms with Crippen LogP contribution in [-0.2, 0) is 0 Å². The summed E-state index contributed by atoms with van der Waals surface area (Å²) in [6, 6.07) is 12.7. The van der Waals surface area contributed by atoms with Gasteiger partial charge in [-0.05, 0) is 46.3 Å². The topological polar surface area (TPSA) is 68.0 Å². The van der Waals surface area contributed by atoms with Gasteiger partial charge in [-0.3, -0.25) is 9.78 Å². The smallest absolute Gasteiger partial charge is 0.256 e. The average Bonchev–Trinajstić information content (AvgIpc) is 2.50. The van der Waals surface area contributed by atoms with Crippen molar-refractivity contribution in [1.29, 1.82) is 0 Å². The van der Waals surface area contributed by atoms with Gasteiger partial charge < -0.3 is 11.1 Å². The summed E-state index contributed by atoms with van der Waals surface area (Å²) in [5.74, 6) is -0.210. The van der Waals surface area contributed by atoms with E-state index in [-0.39, 0.29) is 5.91 Å². The number of benzene rings is 2. The molecule has 3 rings (SSSR count). The van der Waals surface area contributed by atoms with Gasteiger partial charge in [0.2, 0.25) is 0 Å². The Labute approximate surface area is 130 Å². The number of anilines is 2. The minimum Gasteiger partial charge on any atom is -0.399 e. The van der Waals surface area contributed by atoms with Crippen LogP contribution >= 0.6 is 15.9 Å². The van der Waals surface area contributed by atoms with Crippen molar-refractivity contribution in [1.82, 2.24) is 4.98 Å². The van der Waals surface area contributed by atoms with Crippen LogP contribution in [0.1, 0.15) is 10.4 Å². The van der Waals surface area contributed by atoms with E-state index in [4.69, 9.17) is 5.73 Å². The second kappa shape index (κ2) is 5.54. The predicted octanol–water partition coefficient (Wildman–Crippen LogP) is 3.83. The van der Waals surface area contributed by atoms with Crippen LogP contribution in [0.2, 0.25) is 0 Å². The fraction of sp³-hybridized carbons (Fsp3) is 0. The molecule has 1 amide bonds. The molecular formula is C16H12BrN3O. The third-order valence-electron chi connectivity index (χ3n) is 3.16. The van der Waals surface area contributed by atoms with Crippen molar-refractivity contribution in [3.05, 3.63) is 64.9 Å². The Hall–Kier alpha value is -2.40. The molecule has 3 aromatic rings. The number of nitrogen functional groups attached to an aromatic ring is 1. The van der Waals surface area contributed by atoms with Crippen molar-refractivity contribution in [3.63, 3.8) is 0 Å². The number of nitrogens with zero attached hydrogens (tertiary/aromatic N) is 1. The molecule has 0 saturated carbocycles. The first-order valence-electron chi connectivity index (χ1n) is 6.34. The number of carbonyl (C=O) groups excluding carboxylic acids is 1. The zero-order valence-corrected chi connectivity index (χ0v) is 12.6. The summed E-state index contributed by atoms with van der Waals surface area (Å²) >= 11 is 3.37. The molecule has 0 unspecified atom stereocenters. The first-order chi connectivity index (χ1) is 10.1. The van der Waals surface area contributed by atoms with Crippen LogP contribution in [-0.4, -0.2) is 10.9 Å². The largest absolute Gasteiger partial charge is 0.399 e. The van der Waals surface area contributed by atoms with Crippen molar-refractivity contribution >= 4 is 44.0 Å².